The lowest BCUT2D eigenvalue weighted by atomic mass is 10.0. The van der Waals surface area contributed by atoms with Crippen molar-refractivity contribution in [1.29, 1.82) is 0 Å². The fourth-order valence-electron chi connectivity index (χ4n) is 5.09. The summed E-state index contributed by atoms with van der Waals surface area (Å²) < 4.78 is 16.4. The highest BCUT2D eigenvalue weighted by atomic mass is 35.5. The first-order chi connectivity index (χ1) is 18.9. The smallest absolute Gasteiger partial charge is 0.251 e. The number of hydrogen-bond acceptors (Lipinski definition) is 4. The van der Waals surface area contributed by atoms with Crippen molar-refractivity contribution in [2.45, 2.75) is 77.4 Å². The van der Waals surface area contributed by atoms with Gasteiger partial charge >= 0.3 is 0 Å². The standard InChI is InChI=1S/C32H40ClN3O3Si/c1-22-27-19-23(13-14-28(27)36(34-22)31-12-7-8-17-38-31)24-15-16-35(30(37)20-24)29(25-10-9-11-26(33)18-25)21-39-40(5,6)32(2,3)4/h9-11,13-16,18-20,29,31H,7-8,12,17,21H2,1-6H3/t29-,31?/m1/s1. The maximum atomic E-state index is 13.6. The van der Waals surface area contributed by atoms with E-state index in [0.717, 1.165) is 59.2 Å². The van der Waals surface area contributed by atoms with Crippen LogP contribution < -0.4 is 5.56 Å². The highest BCUT2D eigenvalue weighted by Gasteiger charge is 2.38. The molecule has 6 nitrogen and oxygen atoms in total. The Hall–Kier alpha value is -2.71. The molecule has 2 aromatic carbocycles. The van der Waals surface area contributed by atoms with Crippen molar-refractivity contribution in [3.63, 3.8) is 0 Å². The number of fused-ring (bicyclic) bond motifs is 1. The molecule has 1 saturated heterocycles. The fraction of sp³-hybridized carbons (Fsp3) is 0.438. The lowest BCUT2D eigenvalue weighted by Crippen LogP contribution is -2.43. The van der Waals surface area contributed by atoms with E-state index < -0.39 is 8.32 Å². The van der Waals surface area contributed by atoms with Gasteiger partial charge in [-0.25, -0.2) is 4.68 Å². The van der Waals surface area contributed by atoms with Gasteiger partial charge < -0.3 is 13.7 Å². The molecule has 4 aromatic rings. The maximum absolute atomic E-state index is 13.6. The van der Waals surface area contributed by atoms with Crippen LogP contribution in [0.1, 0.15) is 63.6 Å². The Balaban J connectivity index is 1.48. The largest absolute Gasteiger partial charge is 0.414 e. The lowest BCUT2D eigenvalue weighted by molar-refractivity contribution is -0.0368. The van der Waals surface area contributed by atoms with E-state index in [9.17, 15) is 4.79 Å². The maximum Gasteiger partial charge on any atom is 0.251 e. The summed E-state index contributed by atoms with van der Waals surface area (Å²) >= 11 is 6.36. The molecule has 0 amide bonds. The zero-order valence-corrected chi connectivity index (χ0v) is 26.2. The van der Waals surface area contributed by atoms with Crippen LogP contribution in [0, 0.1) is 6.92 Å². The molecular formula is C32H40ClN3O3Si. The quantitative estimate of drug-likeness (QED) is 0.208. The first-order valence-corrected chi connectivity index (χ1v) is 17.5. The summed E-state index contributed by atoms with van der Waals surface area (Å²) in [5.41, 5.74) is 4.76. The Kier molecular flexibility index (Phi) is 8.12. The lowest BCUT2D eigenvalue weighted by Gasteiger charge is -2.37. The van der Waals surface area contributed by atoms with Gasteiger partial charge in [-0.15, -0.1) is 0 Å². The van der Waals surface area contributed by atoms with Crippen LogP contribution in [0.15, 0.2) is 65.6 Å². The zero-order chi connectivity index (χ0) is 28.7. The van der Waals surface area contributed by atoms with E-state index in [1.54, 1.807) is 10.6 Å². The number of benzene rings is 2. The van der Waals surface area contributed by atoms with Crippen LogP contribution in [0.2, 0.25) is 23.2 Å². The predicted octanol–water partition coefficient (Wildman–Crippen LogP) is 8.14. The van der Waals surface area contributed by atoms with Gasteiger partial charge in [-0.2, -0.15) is 5.10 Å². The molecule has 2 aromatic heterocycles. The molecule has 8 heteroatoms. The zero-order valence-electron chi connectivity index (χ0n) is 24.4. The highest BCUT2D eigenvalue weighted by molar-refractivity contribution is 6.74. The Morgan fingerprint density at radius 3 is 2.55 bits per heavy atom. The Bertz CT molecular complexity index is 1560. The van der Waals surface area contributed by atoms with Crippen LogP contribution in [-0.4, -0.2) is 35.9 Å². The van der Waals surface area contributed by atoms with Crippen LogP contribution >= 0.6 is 11.6 Å². The molecule has 1 aliphatic heterocycles. The minimum absolute atomic E-state index is 0.0170. The Morgan fingerprint density at radius 2 is 1.88 bits per heavy atom. The number of pyridine rings is 1. The number of halogens is 1. The second-order valence-corrected chi connectivity index (χ2v) is 17.6. The van der Waals surface area contributed by atoms with Crippen molar-refractivity contribution in [3.05, 3.63) is 87.4 Å². The van der Waals surface area contributed by atoms with Gasteiger partial charge in [0.25, 0.3) is 5.56 Å². The van der Waals surface area contributed by atoms with Crippen LogP contribution in [-0.2, 0) is 9.16 Å². The molecule has 0 N–H and O–H groups in total. The van der Waals surface area contributed by atoms with Crippen LogP contribution in [0.5, 0.6) is 0 Å². The van der Waals surface area contributed by atoms with Gasteiger partial charge in [0.15, 0.2) is 14.5 Å². The van der Waals surface area contributed by atoms with Gasteiger partial charge in [0, 0.05) is 29.3 Å². The molecule has 5 rings (SSSR count). The average Bonchev–Trinajstić information content (AvgIpc) is 3.25. The number of ether oxygens (including phenoxy) is 1. The van der Waals surface area contributed by atoms with E-state index in [2.05, 4.69) is 52.1 Å². The number of rotatable bonds is 7. The number of nitrogens with zero attached hydrogens (tertiary/aromatic N) is 3. The minimum atomic E-state index is -2.04. The van der Waals surface area contributed by atoms with Crippen LogP contribution in [0.25, 0.3) is 22.0 Å². The van der Waals surface area contributed by atoms with Gasteiger partial charge in [0.2, 0.25) is 0 Å². The van der Waals surface area contributed by atoms with E-state index in [-0.39, 0.29) is 22.9 Å². The number of hydrogen-bond donors (Lipinski definition) is 0. The SMILES string of the molecule is Cc1nn(C2CCCCO2)c2ccc(-c3ccn([C@H](CO[Si](C)(C)C(C)(C)C)c4cccc(Cl)c4)c(=O)c3)cc12. The molecule has 3 heterocycles. The summed E-state index contributed by atoms with van der Waals surface area (Å²) in [5.74, 6) is 0. The van der Waals surface area contributed by atoms with Gasteiger partial charge in [-0.3, -0.25) is 4.79 Å². The minimum Gasteiger partial charge on any atom is -0.414 e. The topological polar surface area (TPSA) is 58.3 Å². The molecule has 0 saturated carbocycles. The summed E-state index contributed by atoms with van der Waals surface area (Å²) in [6, 6.07) is 17.4. The molecule has 0 aliphatic carbocycles. The first-order valence-electron chi connectivity index (χ1n) is 14.2. The van der Waals surface area contributed by atoms with E-state index >= 15 is 0 Å². The van der Waals surface area contributed by atoms with Gasteiger partial charge in [-0.1, -0.05) is 50.6 Å². The van der Waals surface area contributed by atoms with E-state index in [1.807, 2.05) is 48.1 Å². The summed E-state index contributed by atoms with van der Waals surface area (Å²) in [6.07, 6.45) is 5.09. The van der Waals surface area contributed by atoms with E-state index in [1.165, 1.54) is 0 Å². The third-order valence-electron chi connectivity index (χ3n) is 8.58. The Morgan fingerprint density at radius 1 is 1.10 bits per heavy atom. The van der Waals surface area contributed by atoms with Crippen LogP contribution in [0.4, 0.5) is 0 Å². The molecule has 212 valence electrons. The summed E-state index contributed by atoms with van der Waals surface area (Å²) in [5, 5.41) is 6.59. The van der Waals surface area contributed by atoms with E-state index in [0.29, 0.717) is 11.6 Å². The predicted molar refractivity (Wildman–Crippen MR) is 166 cm³/mol. The molecule has 40 heavy (non-hydrogen) atoms. The average molecular weight is 578 g/mol. The van der Waals surface area contributed by atoms with Crippen molar-refractivity contribution in [3.8, 4) is 11.1 Å². The summed E-state index contributed by atoms with van der Waals surface area (Å²) in [7, 11) is -2.04. The normalized spacial score (nSPS) is 17.3. The van der Waals surface area contributed by atoms with Gasteiger partial charge in [0.1, 0.15) is 0 Å². The van der Waals surface area contributed by atoms with Crippen molar-refractivity contribution >= 4 is 30.8 Å². The third kappa shape index (κ3) is 5.84. The van der Waals surface area contributed by atoms with Gasteiger partial charge in [-0.05, 0) is 91.3 Å². The molecule has 1 unspecified atom stereocenters. The highest BCUT2D eigenvalue weighted by Crippen LogP contribution is 2.38. The molecule has 2 atom stereocenters. The first kappa shape index (κ1) is 28.8. The molecule has 0 spiro atoms. The van der Waals surface area contributed by atoms with Crippen molar-refractivity contribution in [2.24, 2.45) is 0 Å². The van der Waals surface area contributed by atoms with E-state index in [4.69, 9.17) is 25.9 Å². The third-order valence-corrected chi connectivity index (χ3v) is 13.3. The fourth-order valence-corrected chi connectivity index (χ4v) is 6.30. The van der Waals surface area contributed by atoms with Crippen molar-refractivity contribution < 1.29 is 9.16 Å². The molecule has 1 fully saturated rings. The van der Waals surface area contributed by atoms with Crippen molar-refractivity contribution in [2.75, 3.05) is 13.2 Å². The molecule has 1 aliphatic rings. The monoisotopic (exact) mass is 577 g/mol. The number of aromatic nitrogens is 3. The second-order valence-electron chi connectivity index (χ2n) is 12.4. The summed E-state index contributed by atoms with van der Waals surface area (Å²) in [4.78, 5) is 13.6. The molecule has 0 bridgehead atoms. The molecular weight excluding hydrogens is 538 g/mol. The van der Waals surface area contributed by atoms with Gasteiger partial charge in [0.05, 0.1) is 23.9 Å². The summed E-state index contributed by atoms with van der Waals surface area (Å²) in [6.45, 7) is 14.3. The van der Waals surface area contributed by atoms with Crippen LogP contribution in [0.3, 0.4) is 0 Å². The second kappa shape index (κ2) is 11.3. The molecule has 0 radical (unpaired) electrons. The Labute approximate surface area is 243 Å². The van der Waals surface area contributed by atoms with Crippen molar-refractivity contribution in [1.82, 2.24) is 14.3 Å². The number of aryl methyl sites for hydroxylation is 1.